The first-order valence-corrected chi connectivity index (χ1v) is 12.1. The van der Waals surface area contributed by atoms with Crippen molar-refractivity contribution in [3.8, 4) is 0 Å². The lowest BCUT2D eigenvalue weighted by molar-refractivity contribution is -0.348. The maximum Gasteiger partial charge on any atom is 0.217 e. The third-order valence-electron chi connectivity index (χ3n) is 5.42. The molecule has 0 saturated carbocycles. The van der Waals surface area contributed by atoms with Crippen molar-refractivity contribution in [1.82, 2.24) is 5.32 Å². The highest BCUT2D eigenvalue weighted by atomic mass is 32.2. The van der Waals surface area contributed by atoms with Crippen molar-refractivity contribution in [2.45, 2.75) is 50.5 Å². The third kappa shape index (κ3) is 5.70. The largest absolute Gasteiger partial charge is 0.362 e. The Morgan fingerprint density at radius 3 is 2.47 bits per heavy atom. The number of ether oxygens (including phenoxy) is 5. The second kappa shape index (κ2) is 11.3. The molecular weight excluding hydrogens is 430 g/mol. The van der Waals surface area contributed by atoms with Gasteiger partial charge >= 0.3 is 0 Å². The third-order valence-corrected chi connectivity index (χ3v) is 5.79. The summed E-state index contributed by atoms with van der Waals surface area (Å²) in [6.07, 6.45) is -0.525. The number of thioether (sulfide) groups is 1. The van der Waals surface area contributed by atoms with Gasteiger partial charge in [0.05, 0.1) is 19.2 Å². The molecule has 32 heavy (non-hydrogen) atoms. The Morgan fingerprint density at radius 2 is 1.78 bits per heavy atom. The van der Waals surface area contributed by atoms with Gasteiger partial charge in [-0.15, -0.1) is 11.8 Å². The summed E-state index contributed by atoms with van der Waals surface area (Å²) >= 11 is 1.56. The van der Waals surface area contributed by atoms with Gasteiger partial charge in [-0.05, 0) is 11.8 Å². The molecular formula is C24H29NO6S. The fraction of sp³-hybridized carbons (Fsp3) is 0.458. The molecule has 2 aliphatic heterocycles. The van der Waals surface area contributed by atoms with Crippen LogP contribution in [-0.4, -0.2) is 55.4 Å². The van der Waals surface area contributed by atoms with Gasteiger partial charge in [0, 0.05) is 12.5 Å². The van der Waals surface area contributed by atoms with Crippen molar-refractivity contribution < 1.29 is 28.5 Å². The van der Waals surface area contributed by atoms with Gasteiger partial charge in [0.1, 0.15) is 24.4 Å². The molecule has 7 nitrogen and oxygen atoms in total. The van der Waals surface area contributed by atoms with Crippen molar-refractivity contribution in [2.24, 2.45) is 0 Å². The van der Waals surface area contributed by atoms with E-state index in [0.29, 0.717) is 19.2 Å². The number of fused-ring (bicyclic) bond motifs is 1. The summed E-state index contributed by atoms with van der Waals surface area (Å²) in [5.74, 6) is 0.269. The average Bonchev–Trinajstić information content (AvgIpc) is 2.82. The van der Waals surface area contributed by atoms with Gasteiger partial charge in [0.25, 0.3) is 0 Å². The van der Waals surface area contributed by atoms with Crippen molar-refractivity contribution in [3.63, 3.8) is 0 Å². The van der Waals surface area contributed by atoms with Gasteiger partial charge in [-0.25, -0.2) is 0 Å². The van der Waals surface area contributed by atoms with Crippen LogP contribution in [0.15, 0.2) is 60.7 Å². The lowest BCUT2D eigenvalue weighted by Crippen LogP contribution is -2.67. The molecule has 6 atom stereocenters. The van der Waals surface area contributed by atoms with Gasteiger partial charge in [0.2, 0.25) is 5.91 Å². The first-order valence-electron chi connectivity index (χ1n) is 10.7. The van der Waals surface area contributed by atoms with Crippen LogP contribution in [0.3, 0.4) is 0 Å². The normalized spacial score (nSPS) is 29.8. The Bertz CT molecular complexity index is 854. The fourth-order valence-electron chi connectivity index (χ4n) is 3.98. The maximum atomic E-state index is 12.0. The van der Waals surface area contributed by atoms with E-state index in [1.807, 2.05) is 66.9 Å². The van der Waals surface area contributed by atoms with E-state index in [2.05, 4.69) is 5.32 Å². The van der Waals surface area contributed by atoms with Gasteiger partial charge < -0.3 is 29.0 Å². The Labute approximate surface area is 192 Å². The number of benzene rings is 2. The summed E-state index contributed by atoms with van der Waals surface area (Å²) in [6, 6.07) is 19.1. The van der Waals surface area contributed by atoms with Gasteiger partial charge in [0.15, 0.2) is 12.6 Å². The zero-order valence-electron chi connectivity index (χ0n) is 18.2. The van der Waals surface area contributed by atoms with E-state index in [0.717, 1.165) is 11.1 Å². The number of nitrogens with one attached hydrogen (secondary N) is 1. The predicted octanol–water partition coefficient (Wildman–Crippen LogP) is 3.25. The van der Waals surface area contributed by atoms with Crippen molar-refractivity contribution in [2.75, 3.05) is 18.8 Å². The van der Waals surface area contributed by atoms with Crippen LogP contribution in [0.2, 0.25) is 0 Å². The quantitative estimate of drug-likeness (QED) is 0.608. The SMILES string of the molecule is CSCO[C@H]1[C@H](NC(C)=O)[C@@H](OCc2ccccc2)O[C@H]2CO[C@@H](c3ccccc3)O[C@H]12. The molecule has 0 bridgehead atoms. The Kier molecular flexibility index (Phi) is 8.18. The van der Waals surface area contributed by atoms with Crippen molar-refractivity contribution >= 4 is 17.7 Å². The monoisotopic (exact) mass is 459 g/mol. The first-order chi connectivity index (χ1) is 15.7. The molecule has 4 rings (SSSR count). The van der Waals surface area contributed by atoms with Crippen LogP contribution in [0.5, 0.6) is 0 Å². The summed E-state index contributed by atoms with van der Waals surface area (Å²) < 4.78 is 30.8. The second-order valence-electron chi connectivity index (χ2n) is 7.78. The molecule has 172 valence electrons. The average molecular weight is 460 g/mol. The molecule has 2 aromatic carbocycles. The number of hydrogen-bond donors (Lipinski definition) is 1. The van der Waals surface area contributed by atoms with E-state index in [-0.39, 0.29) is 12.0 Å². The number of carbonyl (C=O) groups excluding carboxylic acids is 1. The highest BCUT2D eigenvalue weighted by Gasteiger charge is 2.51. The molecule has 1 amide bonds. The highest BCUT2D eigenvalue weighted by Crippen LogP contribution is 2.36. The minimum absolute atomic E-state index is 0.185. The maximum absolute atomic E-state index is 12.0. The number of amides is 1. The number of rotatable bonds is 8. The minimum atomic E-state index is -0.701. The van der Waals surface area contributed by atoms with E-state index in [1.165, 1.54) is 6.92 Å². The van der Waals surface area contributed by atoms with Gasteiger partial charge in [-0.2, -0.15) is 0 Å². The number of hydrogen-bond acceptors (Lipinski definition) is 7. The second-order valence-corrected chi connectivity index (χ2v) is 8.59. The molecule has 2 aromatic rings. The van der Waals surface area contributed by atoms with E-state index in [1.54, 1.807) is 11.8 Å². The fourth-order valence-corrected chi connectivity index (χ4v) is 4.27. The van der Waals surface area contributed by atoms with Crippen molar-refractivity contribution in [3.05, 3.63) is 71.8 Å². The molecule has 0 aliphatic carbocycles. The van der Waals surface area contributed by atoms with E-state index >= 15 is 0 Å². The van der Waals surface area contributed by atoms with Gasteiger partial charge in [-0.1, -0.05) is 60.7 Å². The molecule has 2 saturated heterocycles. The lowest BCUT2D eigenvalue weighted by Gasteiger charge is -2.49. The topological polar surface area (TPSA) is 75.3 Å². The Morgan fingerprint density at radius 1 is 1.06 bits per heavy atom. The van der Waals surface area contributed by atoms with Crippen LogP contribution in [-0.2, 0) is 35.1 Å². The lowest BCUT2D eigenvalue weighted by atomic mass is 9.95. The minimum Gasteiger partial charge on any atom is -0.362 e. The molecule has 8 heteroatoms. The molecule has 2 heterocycles. The summed E-state index contributed by atoms with van der Waals surface area (Å²) in [7, 11) is 0. The summed E-state index contributed by atoms with van der Waals surface area (Å²) in [6.45, 7) is 2.16. The van der Waals surface area contributed by atoms with E-state index < -0.39 is 30.8 Å². The van der Waals surface area contributed by atoms with Crippen LogP contribution in [0.1, 0.15) is 24.3 Å². The van der Waals surface area contributed by atoms with Crippen LogP contribution in [0, 0.1) is 0 Å². The van der Waals surface area contributed by atoms with E-state index in [4.69, 9.17) is 23.7 Å². The summed E-state index contributed by atoms with van der Waals surface area (Å²) in [5, 5.41) is 2.97. The molecule has 0 aromatic heterocycles. The van der Waals surface area contributed by atoms with Crippen LogP contribution >= 0.6 is 11.8 Å². The molecule has 2 aliphatic rings. The summed E-state index contributed by atoms with van der Waals surface area (Å²) in [4.78, 5) is 12.0. The number of carbonyl (C=O) groups is 1. The summed E-state index contributed by atoms with van der Waals surface area (Å²) in [5.41, 5.74) is 1.94. The van der Waals surface area contributed by atoms with Crippen molar-refractivity contribution in [1.29, 1.82) is 0 Å². The molecule has 0 radical (unpaired) electrons. The standard InChI is InChI=1S/C24H29NO6S/c1-16(26)25-20-22(29-15-32-2)21-19(14-28-23(31-21)18-11-7-4-8-12-18)30-24(20)27-13-17-9-5-3-6-10-17/h3-12,19-24H,13-15H2,1-2H3,(H,25,26)/t19-,20-,21-,22-,23+,24-/m0/s1. The first kappa shape index (κ1) is 23.2. The molecule has 0 spiro atoms. The zero-order chi connectivity index (χ0) is 22.3. The zero-order valence-corrected chi connectivity index (χ0v) is 19.0. The van der Waals surface area contributed by atoms with Crippen LogP contribution in [0.4, 0.5) is 0 Å². The predicted molar refractivity (Wildman–Crippen MR) is 121 cm³/mol. The highest BCUT2D eigenvalue weighted by molar-refractivity contribution is 7.98. The molecule has 1 N–H and O–H groups in total. The van der Waals surface area contributed by atoms with E-state index in [9.17, 15) is 4.79 Å². The Balaban J connectivity index is 1.54. The Hall–Kier alpha value is -1.94. The molecule has 2 fully saturated rings. The molecule has 0 unspecified atom stereocenters. The van der Waals surface area contributed by atoms with Crippen LogP contribution < -0.4 is 5.32 Å². The smallest absolute Gasteiger partial charge is 0.217 e. The van der Waals surface area contributed by atoms with Crippen LogP contribution in [0.25, 0.3) is 0 Å². The van der Waals surface area contributed by atoms with Gasteiger partial charge in [-0.3, -0.25) is 4.79 Å².